The highest BCUT2D eigenvalue weighted by molar-refractivity contribution is 9.24. The molecule has 14 heavy (non-hydrogen) atoms. The maximum atomic E-state index is 10.8. The number of halogens is 2. The summed E-state index contributed by atoms with van der Waals surface area (Å²) in [5, 5.41) is 10.8. The molecule has 0 radical (unpaired) electrons. The van der Waals surface area contributed by atoms with Gasteiger partial charge in [0.15, 0.2) is 0 Å². The molecule has 0 atom stereocenters. The fraction of sp³-hybridized carbons (Fsp3) is 1.00. The first-order chi connectivity index (χ1) is 6.60. The molecule has 4 bridgehead atoms. The Labute approximate surface area is 102 Å². The molecule has 1 N–H and O–H groups in total. The number of aliphatic hydroxyl groups is 1. The molecule has 0 aromatic rings. The van der Waals surface area contributed by atoms with Crippen LogP contribution in [0.5, 0.6) is 0 Å². The number of hydrogen-bond acceptors (Lipinski definition) is 1. The largest absolute Gasteiger partial charge is 0.387 e. The monoisotopic (exact) mass is 322 g/mol. The highest BCUT2D eigenvalue weighted by Crippen LogP contribution is 2.60. The molecule has 4 rings (SSSR count). The minimum atomic E-state index is -0.465. The van der Waals surface area contributed by atoms with Crippen molar-refractivity contribution in [3.63, 3.8) is 0 Å². The molecular weight excluding hydrogens is 308 g/mol. The summed E-state index contributed by atoms with van der Waals surface area (Å²) in [5.41, 5.74) is -0.465. The summed E-state index contributed by atoms with van der Waals surface area (Å²) in [6.45, 7) is 0. The van der Waals surface area contributed by atoms with E-state index in [4.69, 9.17) is 0 Å². The normalized spacial score (nSPS) is 55.7. The van der Waals surface area contributed by atoms with Crippen LogP contribution in [0.4, 0.5) is 0 Å². The van der Waals surface area contributed by atoms with Crippen LogP contribution in [0, 0.1) is 23.7 Å². The Kier molecular flexibility index (Phi) is 2.31. The van der Waals surface area contributed by atoms with E-state index in [0.29, 0.717) is 11.8 Å². The topological polar surface area (TPSA) is 20.2 Å². The summed E-state index contributed by atoms with van der Waals surface area (Å²) < 4.78 is 0.0810. The Morgan fingerprint density at radius 3 is 1.71 bits per heavy atom. The van der Waals surface area contributed by atoms with Crippen LogP contribution in [0.3, 0.4) is 0 Å². The minimum absolute atomic E-state index is 0.0810. The highest BCUT2D eigenvalue weighted by Gasteiger charge is 2.58. The van der Waals surface area contributed by atoms with E-state index in [1.807, 2.05) is 0 Å². The predicted octanol–water partition coefficient (Wildman–Crippen LogP) is 3.29. The summed E-state index contributed by atoms with van der Waals surface area (Å²) in [4.78, 5) is 0. The van der Waals surface area contributed by atoms with Gasteiger partial charge in [0.2, 0.25) is 0 Å². The van der Waals surface area contributed by atoms with Crippen molar-refractivity contribution in [1.82, 2.24) is 0 Å². The lowest BCUT2D eigenvalue weighted by atomic mass is 9.50. The van der Waals surface area contributed by atoms with Crippen molar-refractivity contribution in [2.45, 2.75) is 41.4 Å². The summed E-state index contributed by atoms with van der Waals surface area (Å²) in [5.74, 6) is 2.94. The van der Waals surface area contributed by atoms with Gasteiger partial charge in [0, 0.05) is 0 Å². The Bertz CT molecular complexity index is 224. The third-order valence-electron chi connectivity index (χ3n) is 4.80. The lowest BCUT2D eigenvalue weighted by Crippen LogP contribution is -2.60. The molecule has 0 aromatic carbocycles. The molecule has 0 unspecified atom stereocenters. The molecule has 0 spiro atoms. The predicted molar refractivity (Wildman–Crippen MR) is 63.6 cm³/mol. The Morgan fingerprint density at radius 1 is 0.929 bits per heavy atom. The van der Waals surface area contributed by atoms with Crippen LogP contribution in [0.15, 0.2) is 0 Å². The third-order valence-corrected chi connectivity index (χ3v) is 6.26. The molecule has 80 valence electrons. The molecular formula is C11H16Br2O. The van der Waals surface area contributed by atoms with E-state index in [1.54, 1.807) is 0 Å². The van der Waals surface area contributed by atoms with Crippen molar-refractivity contribution in [3.05, 3.63) is 0 Å². The van der Waals surface area contributed by atoms with Gasteiger partial charge in [-0.2, -0.15) is 0 Å². The summed E-state index contributed by atoms with van der Waals surface area (Å²) in [7, 11) is 0. The Morgan fingerprint density at radius 2 is 1.36 bits per heavy atom. The molecule has 4 saturated carbocycles. The van der Waals surface area contributed by atoms with Gasteiger partial charge >= 0.3 is 0 Å². The molecule has 3 heteroatoms. The van der Waals surface area contributed by atoms with Crippen molar-refractivity contribution >= 4 is 31.9 Å². The Hall–Kier alpha value is 0.920. The minimum Gasteiger partial charge on any atom is -0.387 e. The summed E-state index contributed by atoms with van der Waals surface area (Å²) in [6.07, 6.45) is 6.49. The molecule has 0 aromatic heterocycles. The van der Waals surface area contributed by atoms with Gasteiger partial charge in [-0.25, -0.2) is 0 Å². The zero-order chi connectivity index (χ0) is 9.92. The molecule has 0 amide bonds. The molecule has 4 aliphatic carbocycles. The van der Waals surface area contributed by atoms with E-state index >= 15 is 0 Å². The van der Waals surface area contributed by atoms with Crippen LogP contribution in [-0.4, -0.2) is 14.4 Å². The lowest BCUT2D eigenvalue weighted by molar-refractivity contribution is -0.161. The zero-order valence-corrected chi connectivity index (χ0v) is 11.3. The molecule has 0 heterocycles. The van der Waals surface area contributed by atoms with E-state index in [-0.39, 0.29) is 3.74 Å². The first-order valence-corrected chi connectivity index (χ1v) is 7.44. The molecule has 0 saturated heterocycles. The molecule has 4 aliphatic rings. The molecule has 4 fully saturated rings. The average molecular weight is 324 g/mol. The van der Waals surface area contributed by atoms with E-state index < -0.39 is 5.60 Å². The average Bonchev–Trinajstić information content (AvgIpc) is 2.12. The Balaban J connectivity index is 1.94. The zero-order valence-electron chi connectivity index (χ0n) is 8.13. The second-order valence-electron chi connectivity index (χ2n) is 5.49. The van der Waals surface area contributed by atoms with Gasteiger partial charge < -0.3 is 5.11 Å². The van der Waals surface area contributed by atoms with Gasteiger partial charge in [0.25, 0.3) is 0 Å². The summed E-state index contributed by atoms with van der Waals surface area (Å²) >= 11 is 7.10. The van der Waals surface area contributed by atoms with E-state index in [2.05, 4.69) is 31.9 Å². The van der Waals surface area contributed by atoms with Crippen LogP contribution >= 0.6 is 31.9 Å². The van der Waals surface area contributed by atoms with E-state index in [0.717, 1.165) is 11.8 Å². The quantitative estimate of drug-likeness (QED) is 0.734. The first-order valence-electron chi connectivity index (χ1n) is 5.61. The van der Waals surface area contributed by atoms with Crippen molar-refractivity contribution < 1.29 is 5.11 Å². The van der Waals surface area contributed by atoms with Crippen LogP contribution in [0.2, 0.25) is 0 Å². The van der Waals surface area contributed by atoms with Gasteiger partial charge in [-0.05, 0) is 55.8 Å². The second kappa shape index (κ2) is 3.21. The van der Waals surface area contributed by atoms with Crippen LogP contribution in [-0.2, 0) is 0 Å². The van der Waals surface area contributed by atoms with Gasteiger partial charge in [-0.3, -0.25) is 0 Å². The van der Waals surface area contributed by atoms with Crippen LogP contribution in [0.25, 0.3) is 0 Å². The van der Waals surface area contributed by atoms with Gasteiger partial charge in [-0.1, -0.05) is 31.9 Å². The van der Waals surface area contributed by atoms with Crippen molar-refractivity contribution in [1.29, 1.82) is 0 Å². The van der Waals surface area contributed by atoms with Gasteiger partial charge in [0.1, 0.15) is 0 Å². The van der Waals surface area contributed by atoms with Gasteiger partial charge in [0.05, 0.1) is 9.34 Å². The number of rotatable bonds is 1. The fourth-order valence-corrected chi connectivity index (χ4v) is 5.79. The summed E-state index contributed by atoms with van der Waals surface area (Å²) in [6, 6.07) is 0. The van der Waals surface area contributed by atoms with Crippen molar-refractivity contribution in [2.75, 3.05) is 0 Å². The SMILES string of the molecule is OC1(C(Br)Br)C2CC3CC(C2)CC1C3. The number of hydrogen-bond donors (Lipinski definition) is 1. The maximum absolute atomic E-state index is 10.8. The fourth-order valence-electron chi connectivity index (χ4n) is 4.30. The third kappa shape index (κ3) is 1.21. The van der Waals surface area contributed by atoms with Crippen molar-refractivity contribution in [3.8, 4) is 0 Å². The smallest absolute Gasteiger partial charge is 0.0989 e. The first kappa shape index (κ1) is 10.1. The standard InChI is InChI=1S/C11H16Br2O/c12-10(13)11(14)8-2-6-1-7(4-8)5-9(11)3-6/h6-10,14H,1-5H2. The second-order valence-corrected chi connectivity index (χ2v) is 8.55. The molecule has 1 nitrogen and oxygen atoms in total. The lowest BCUT2D eigenvalue weighted by Gasteiger charge is -2.59. The van der Waals surface area contributed by atoms with Crippen molar-refractivity contribution in [2.24, 2.45) is 23.7 Å². The van der Waals surface area contributed by atoms with E-state index in [9.17, 15) is 5.11 Å². The van der Waals surface area contributed by atoms with Gasteiger partial charge in [-0.15, -0.1) is 0 Å². The van der Waals surface area contributed by atoms with Crippen LogP contribution < -0.4 is 0 Å². The van der Waals surface area contributed by atoms with E-state index in [1.165, 1.54) is 32.1 Å². The molecule has 0 aliphatic heterocycles. The van der Waals surface area contributed by atoms with Crippen LogP contribution in [0.1, 0.15) is 32.1 Å². The highest BCUT2D eigenvalue weighted by atomic mass is 79.9. The maximum Gasteiger partial charge on any atom is 0.0989 e. The number of alkyl halides is 2.